The van der Waals surface area contributed by atoms with Gasteiger partial charge < -0.3 is 9.26 Å². The van der Waals surface area contributed by atoms with Gasteiger partial charge in [0.25, 0.3) is 0 Å². The Morgan fingerprint density at radius 2 is 2.15 bits per heavy atom. The quantitative estimate of drug-likeness (QED) is 0.530. The number of aromatic nitrogens is 2. The fraction of sp³-hybridized carbons (Fsp3) is 0.167. The second kappa shape index (κ2) is 8.06. The van der Waals surface area contributed by atoms with Gasteiger partial charge in [0.15, 0.2) is 5.82 Å². The molecule has 1 amide bonds. The molecule has 0 aliphatic heterocycles. The van der Waals surface area contributed by atoms with Crippen LogP contribution in [0.15, 0.2) is 45.5 Å². The molecule has 2 aromatic heterocycles. The predicted octanol–water partition coefficient (Wildman–Crippen LogP) is 5.91. The number of amides is 1. The minimum atomic E-state index is -0.757. The van der Waals surface area contributed by atoms with Crippen LogP contribution in [0.1, 0.15) is 24.3 Å². The molecule has 140 valence electrons. The lowest BCUT2D eigenvalue weighted by atomic mass is 10.1. The van der Waals surface area contributed by atoms with Crippen LogP contribution in [0.2, 0.25) is 5.02 Å². The van der Waals surface area contributed by atoms with Gasteiger partial charge in [-0.15, -0.1) is 0 Å². The Labute approximate surface area is 167 Å². The van der Waals surface area contributed by atoms with Crippen LogP contribution in [0.3, 0.4) is 0 Å². The summed E-state index contributed by atoms with van der Waals surface area (Å²) in [5.41, 5.74) is 1.13. The number of ether oxygens (including phenoxy) is 1. The number of nitrogens with one attached hydrogen (secondary N) is 1. The van der Waals surface area contributed by atoms with Gasteiger partial charge in [0.1, 0.15) is 23.2 Å². The molecule has 3 aromatic rings. The summed E-state index contributed by atoms with van der Waals surface area (Å²) in [5, 5.41) is 6.80. The van der Waals surface area contributed by atoms with Gasteiger partial charge in [0, 0.05) is 21.3 Å². The zero-order valence-electron chi connectivity index (χ0n) is 14.3. The summed E-state index contributed by atoms with van der Waals surface area (Å²) in [6.07, 6.45) is 0.0648. The number of halogens is 3. The summed E-state index contributed by atoms with van der Waals surface area (Å²) in [4.78, 5) is 16.3. The Morgan fingerprint density at radius 3 is 2.85 bits per heavy atom. The fourth-order valence-corrected chi connectivity index (χ4v) is 3.01. The van der Waals surface area contributed by atoms with Gasteiger partial charge in [-0.25, -0.2) is 14.2 Å². The van der Waals surface area contributed by atoms with Crippen LogP contribution in [0, 0.1) is 12.7 Å². The van der Waals surface area contributed by atoms with E-state index in [1.54, 1.807) is 38.1 Å². The Balaban J connectivity index is 1.81. The van der Waals surface area contributed by atoms with E-state index in [4.69, 9.17) is 20.9 Å². The first-order chi connectivity index (χ1) is 12.9. The Bertz CT molecular complexity index is 996. The van der Waals surface area contributed by atoms with E-state index in [9.17, 15) is 9.18 Å². The molecular formula is C18H14BrClFN3O3. The van der Waals surface area contributed by atoms with Crippen molar-refractivity contribution in [1.29, 1.82) is 0 Å². The SMILES string of the molecule is Cc1noc(-c2ncc(Br)cc2F)c1NC(=O)O[C@H](C)c1ccccc1Cl. The number of carbonyl (C=O) groups excluding carboxylic acids is 1. The smallest absolute Gasteiger partial charge is 0.412 e. The molecule has 0 saturated carbocycles. The van der Waals surface area contributed by atoms with Crippen LogP contribution in [0.5, 0.6) is 0 Å². The van der Waals surface area contributed by atoms with Crippen LogP contribution in [-0.4, -0.2) is 16.2 Å². The van der Waals surface area contributed by atoms with Crippen molar-refractivity contribution in [3.05, 3.63) is 63.1 Å². The molecule has 1 atom stereocenters. The molecule has 3 rings (SSSR count). The zero-order chi connectivity index (χ0) is 19.6. The van der Waals surface area contributed by atoms with Crippen LogP contribution >= 0.6 is 27.5 Å². The molecule has 2 heterocycles. The topological polar surface area (TPSA) is 77.3 Å². The largest absolute Gasteiger partial charge is 0.441 e. The molecule has 9 heteroatoms. The number of hydrogen-bond acceptors (Lipinski definition) is 5. The number of carbonyl (C=O) groups is 1. The Kier molecular flexibility index (Phi) is 5.76. The first-order valence-electron chi connectivity index (χ1n) is 7.86. The molecule has 0 spiro atoms. The van der Waals surface area contributed by atoms with Crippen molar-refractivity contribution in [2.24, 2.45) is 0 Å². The maximum absolute atomic E-state index is 14.2. The van der Waals surface area contributed by atoms with Gasteiger partial charge in [-0.1, -0.05) is 35.0 Å². The lowest BCUT2D eigenvalue weighted by molar-refractivity contribution is 0.121. The van der Waals surface area contributed by atoms with Crippen molar-refractivity contribution in [2.45, 2.75) is 20.0 Å². The van der Waals surface area contributed by atoms with Crippen LogP contribution in [-0.2, 0) is 4.74 Å². The van der Waals surface area contributed by atoms with Gasteiger partial charge in [0.05, 0.1) is 0 Å². The third-order valence-corrected chi connectivity index (χ3v) is 4.52. The molecule has 1 N–H and O–H groups in total. The highest BCUT2D eigenvalue weighted by Crippen LogP contribution is 2.33. The van der Waals surface area contributed by atoms with Crippen molar-refractivity contribution in [3.8, 4) is 11.5 Å². The average molecular weight is 455 g/mol. The Hall–Kier alpha value is -2.45. The maximum Gasteiger partial charge on any atom is 0.412 e. The van der Waals surface area contributed by atoms with E-state index in [2.05, 4.69) is 31.4 Å². The summed E-state index contributed by atoms with van der Waals surface area (Å²) >= 11 is 9.25. The normalized spacial score (nSPS) is 11.9. The van der Waals surface area contributed by atoms with E-state index in [1.165, 1.54) is 12.3 Å². The van der Waals surface area contributed by atoms with Crippen molar-refractivity contribution < 1.29 is 18.4 Å². The van der Waals surface area contributed by atoms with E-state index < -0.39 is 18.0 Å². The molecule has 0 aliphatic carbocycles. The number of rotatable bonds is 4. The molecule has 6 nitrogen and oxygen atoms in total. The van der Waals surface area contributed by atoms with Crippen LogP contribution in [0.25, 0.3) is 11.5 Å². The lowest BCUT2D eigenvalue weighted by Crippen LogP contribution is -2.17. The molecule has 1 aromatic carbocycles. The second-order valence-electron chi connectivity index (χ2n) is 5.65. The van der Waals surface area contributed by atoms with E-state index in [0.717, 1.165) is 0 Å². The molecule has 0 saturated heterocycles. The molecular weight excluding hydrogens is 441 g/mol. The highest BCUT2D eigenvalue weighted by atomic mass is 79.9. The van der Waals surface area contributed by atoms with Crippen molar-refractivity contribution in [3.63, 3.8) is 0 Å². The van der Waals surface area contributed by atoms with Gasteiger partial charge in [-0.05, 0) is 41.9 Å². The van der Waals surface area contributed by atoms with Crippen molar-refractivity contribution >= 4 is 39.3 Å². The minimum Gasteiger partial charge on any atom is -0.441 e. The molecule has 0 aliphatic rings. The lowest BCUT2D eigenvalue weighted by Gasteiger charge is -2.15. The number of pyridine rings is 1. The summed E-state index contributed by atoms with van der Waals surface area (Å²) in [7, 11) is 0. The first kappa shape index (κ1) is 19.3. The minimum absolute atomic E-state index is 0.000142. The van der Waals surface area contributed by atoms with Gasteiger partial charge in [-0.3, -0.25) is 5.32 Å². The molecule has 0 radical (unpaired) electrons. The third-order valence-electron chi connectivity index (χ3n) is 3.74. The number of benzene rings is 1. The highest BCUT2D eigenvalue weighted by molar-refractivity contribution is 9.10. The predicted molar refractivity (Wildman–Crippen MR) is 102 cm³/mol. The zero-order valence-corrected chi connectivity index (χ0v) is 16.6. The summed E-state index contributed by atoms with van der Waals surface area (Å²) in [6, 6.07) is 8.28. The number of aryl methyl sites for hydroxylation is 1. The maximum atomic E-state index is 14.2. The van der Waals surface area contributed by atoms with Crippen molar-refractivity contribution in [2.75, 3.05) is 5.32 Å². The van der Waals surface area contributed by atoms with Gasteiger partial charge >= 0.3 is 6.09 Å². The second-order valence-corrected chi connectivity index (χ2v) is 6.97. The van der Waals surface area contributed by atoms with Gasteiger partial charge in [-0.2, -0.15) is 0 Å². The monoisotopic (exact) mass is 453 g/mol. The van der Waals surface area contributed by atoms with E-state index in [1.807, 2.05) is 0 Å². The van der Waals surface area contributed by atoms with Crippen molar-refractivity contribution in [1.82, 2.24) is 10.1 Å². The van der Waals surface area contributed by atoms with E-state index >= 15 is 0 Å². The molecule has 0 fully saturated rings. The summed E-state index contributed by atoms with van der Waals surface area (Å²) in [5.74, 6) is -0.624. The number of hydrogen-bond donors (Lipinski definition) is 1. The van der Waals surface area contributed by atoms with Crippen LogP contribution in [0.4, 0.5) is 14.9 Å². The summed E-state index contributed by atoms with van der Waals surface area (Å²) < 4.78 is 25.2. The first-order valence-corrected chi connectivity index (χ1v) is 9.03. The number of nitrogens with zero attached hydrogens (tertiary/aromatic N) is 2. The van der Waals surface area contributed by atoms with Gasteiger partial charge in [0.2, 0.25) is 5.76 Å². The van der Waals surface area contributed by atoms with E-state index in [-0.39, 0.29) is 17.1 Å². The average Bonchev–Trinajstić information content (AvgIpc) is 2.96. The highest BCUT2D eigenvalue weighted by Gasteiger charge is 2.23. The molecule has 0 unspecified atom stereocenters. The van der Waals surface area contributed by atoms with E-state index in [0.29, 0.717) is 20.8 Å². The molecule has 27 heavy (non-hydrogen) atoms. The standard InChI is InChI=1S/C18H14BrClFN3O3/c1-9-15(17(27-24-9)16-14(21)7-11(19)8-22-16)23-18(25)26-10(2)12-5-3-4-6-13(12)20/h3-8,10H,1-2H3,(H,23,25)/t10-/m1/s1. The summed E-state index contributed by atoms with van der Waals surface area (Å²) in [6.45, 7) is 3.30. The number of anilines is 1. The fourth-order valence-electron chi connectivity index (χ4n) is 2.42. The van der Waals surface area contributed by atoms with Crippen LogP contribution < -0.4 is 5.32 Å². The third kappa shape index (κ3) is 4.28. The molecule has 0 bridgehead atoms. The Morgan fingerprint density at radius 1 is 1.41 bits per heavy atom.